The Kier molecular flexibility index (Phi) is 5.40. The molecule has 0 amide bonds. The monoisotopic (exact) mass is 378 g/mol. The van der Waals surface area contributed by atoms with Gasteiger partial charge in [-0.1, -0.05) is 30.1 Å². The molecule has 0 bridgehead atoms. The van der Waals surface area contributed by atoms with Crippen molar-refractivity contribution in [3.63, 3.8) is 0 Å². The first-order valence-corrected chi connectivity index (χ1v) is 8.46. The van der Waals surface area contributed by atoms with Crippen LogP contribution in [0.5, 0.6) is 11.5 Å². The SMILES string of the molecule is CCC(Cl)Oc1cc2nnnc(Nc3ccc(Cl)cc3)c2cc1OC. The van der Waals surface area contributed by atoms with E-state index in [1.807, 2.05) is 19.1 Å². The van der Waals surface area contributed by atoms with Crippen LogP contribution in [0.15, 0.2) is 36.4 Å². The predicted molar refractivity (Wildman–Crippen MR) is 99.2 cm³/mol. The molecule has 0 spiro atoms. The molecule has 6 nitrogen and oxygen atoms in total. The highest BCUT2D eigenvalue weighted by Crippen LogP contribution is 2.35. The number of aromatic nitrogens is 3. The van der Waals surface area contributed by atoms with Gasteiger partial charge < -0.3 is 14.8 Å². The Bertz CT molecular complexity index is 874. The first-order chi connectivity index (χ1) is 12.1. The lowest BCUT2D eigenvalue weighted by molar-refractivity contribution is 0.261. The smallest absolute Gasteiger partial charge is 0.172 e. The van der Waals surface area contributed by atoms with Crippen molar-refractivity contribution < 1.29 is 9.47 Å². The van der Waals surface area contributed by atoms with Gasteiger partial charge >= 0.3 is 0 Å². The van der Waals surface area contributed by atoms with Crippen molar-refractivity contribution in [2.45, 2.75) is 18.9 Å². The Hall–Kier alpha value is -2.31. The molecule has 0 aliphatic heterocycles. The lowest BCUT2D eigenvalue weighted by Gasteiger charge is -2.15. The highest BCUT2D eigenvalue weighted by atomic mass is 35.5. The standard InChI is InChI=1S/C17H16Cl2N4O2/c1-3-16(19)25-15-9-13-12(8-14(15)24-2)17(22-23-21-13)20-11-6-4-10(18)5-7-11/h4-9,16H,3H2,1-2H3,(H,20,21,22). The maximum absolute atomic E-state index is 6.08. The fourth-order valence-corrected chi connectivity index (χ4v) is 2.45. The third-order valence-electron chi connectivity index (χ3n) is 3.52. The number of rotatable bonds is 6. The largest absolute Gasteiger partial charge is 0.493 e. The van der Waals surface area contributed by atoms with Crippen LogP contribution in [-0.4, -0.2) is 28.1 Å². The van der Waals surface area contributed by atoms with Crippen molar-refractivity contribution in [2.75, 3.05) is 12.4 Å². The van der Waals surface area contributed by atoms with Gasteiger partial charge in [0.2, 0.25) is 0 Å². The van der Waals surface area contributed by atoms with Crippen LogP contribution in [0.1, 0.15) is 13.3 Å². The summed E-state index contributed by atoms with van der Waals surface area (Å²) in [5.41, 5.74) is 0.993. The zero-order valence-corrected chi connectivity index (χ0v) is 15.2. The molecule has 3 rings (SSSR count). The average Bonchev–Trinajstić information content (AvgIpc) is 2.63. The number of anilines is 2. The van der Waals surface area contributed by atoms with E-state index in [1.165, 1.54) is 0 Å². The molecule has 25 heavy (non-hydrogen) atoms. The van der Waals surface area contributed by atoms with Crippen molar-refractivity contribution in [3.05, 3.63) is 41.4 Å². The van der Waals surface area contributed by atoms with Gasteiger partial charge in [0.25, 0.3) is 0 Å². The Morgan fingerprint density at radius 2 is 1.88 bits per heavy atom. The molecule has 0 radical (unpaired) electrons. The van der Waals surface area contributed by atoms with E-state index in [-0.39, 0.29) is 0 Å². The van der Waals surface area contributed by atoms with Crippen LogP contribution in [-0.2, 0) is 0 Å². The maximum atomic E-state index is 6.08. The van der Waals surface area contributed by atoms with E-state index >= 15 is 0 Å². The van der Waals surface area contributed by atoms with E-state index in [9.17, 15) is 0 Å². The number of alkyl halides is 1. The van der Waals surface area contributed by atoms with Crippen molar-refractivity contribution >= 4 is 45.6 Å². The second-order valence-corrected chi connectivity index (χ2v) is 6.15. The normalized spacial score (nSPS) is 12.0. The molecule has 0 fully saturated rings. The van der Waals surface area contributed by atoms with E-state index in [0.717, 1.165) is 11.1 Å². The Balaban J connectivity index is 2.01. The summed E-state index contributed by atoms with van der Waals surface area (Å²) in [6.45, 7) is 1.93. The maximum Gasteiger partial charge on any atom is 0.172 e. The van der Waals surface area contributed by atoms with E-state index in [2.05, 4.69) is 20.7 Å². The van der Waals surface area contributed by atoms with Gasteiger partial charge in [0.1, 0.15) is 5.52 Å². The van der Waals surface area contributed by atoms with Crippen molar-refractivity contribution in [3.8, 4) is 11.5 Å². The summed E-state index contributed by atoms with van der Waals surface area (Å²) < 4.78 is 11.1. The second-order valence-electron chi connectivity index (χ2n) is 5.23. The lowest BCUT2D eigenvalue weighted by Crippen LogP contribution is -2.08. The minimum absolute atomic E-state index is 0.451. The number of ether oxygens (including phenoxy) is 2. The highest BCUT2D eigenvalue weighted by Gasteiger charge is 2.14. The van der Waals surface area contributed by atoms with Crippen LogP contribution in [0.4, 0.5) is 11.5 Å². The molecule has 0 aliphatic carbocycles. The molecule has 3 aromatic rings. The third-order valence-corrected chi connectivity index (χ3v) is 4.17. The minimum atomic E-state index is -0.451. The molecule has 0 saturated carbocycles. The Morgan fingerprint density at radius 3 is 2.56 bits per heavy atom. The van der Waals surface area contributed by atoms with Gasteiger partial charge in [-0.25, -0.2) is 0 Å². The molecule has 1 aromatic heterocycles. The predicted octanol–water partition coefficient (Wildman–Crippen LogP) is 4.78. The Labute approximate surface area is 155 Å². The number of hydrogen-bond donors (Lipinski definition) is 1. The van der Waals surface area contributed by atoms with Gasteiger partial charge in [-0.05, 0) is 42.0 Å². The zero-order valence-electron chi connectivity index (χ0n) is 13.7. The van der Waals surface area contributed by atoms with Crippen LogP contribution in [0.2, 0.25) is 5.02 Å². The first-order valence-electron chi connectivity index (χ1n) is 7.65. The molecular weight excluding hydrogens is 363 g/mol. The van der Waals surface area contributed by atoms with Crippen molar-refractivity contribution in [1.29, 1.82) is 0 Å². The van der Waals surface area contributed by atoms with E-state index in [4.69, 9.17) is 32.7 Å². The van der Waals surface area contributed by atoms with Crippen LogP contribution < -0.4 is 14.8 Å². The summed E-state index contributed by atoms with van der Waals surface area (Å²) in [7, 11) is 1.57. The number of nitrogens with one attached hydrogen (secondary N) is 1. The van der Waals surface area contributed by atoms with E-state index in [1.54, 1.807) is 31.4 Å². The van der Waals surface area contributed by atoms with Gasteiger partial charge in [-0.15, -0.1) is 10.2 Å². The molecule has 8 heteroatoms. The Morgan fingerprint density at radius 1 is 1.12 bits per heavy atom. The van der Waals surface area contributed by atoms with Gasteiger partial charge in [-0.2, -0.15) is 0 Å². The number of benzene rings is 2. The number of nitrogens with zero attached hydrogens (tertiary/aromatic N) is 3. The number of fused-ring (bicyclic) bond motifs is 1. The minimum Gasteiger partial charge on any atom is -0.493 e. The lowest BCUT2D eigenvalue weighted by atomic mass is 10.2. The molecule has 0 saturated heterocycles. The van der Waals surface area contributed by atoms with Gasteiger partial charge in [0.05, 0.1) is 12.5 Å². The van der Waals surface area contributed by atoms with Gasteiger partial charge in [0.15, 0.2) is 22.9 Å². The van der Waals surface area contributed by atoms with E-state index in [0.29, 0.717) is 34.3 Å². The quantitative estimate of drug-likeness (QED) is 0.622. The van der Waals surface area contributed by atoms with Crippen LogP contribution >= 0.6 is 23.2 Å². The summed E-state index contributed by atoms with van der Waals surface area (Å²) in [4.78, 5) is 0. The average molecular weight is 379 g/mol. The number of hydrogen-bond acceptors (Lipinski definition) is 6. The summed E-state index contributed by atoms with van der Waals surface area (Å²) >= 11 is 12.0. The summed E-state index contributed by atoms with van der Waals surface area (Å²) in [6, 6.07) is 10.8. The second kappa shape index (κ2) is 7.72. The molecule has 2 aromatic carbocycles. The third kappa shape index (κ3) is 4.03. The number of methoxy groups -OCH3 is 1. The molecule has 1 unspecified atom stereocenters. The highest BCUT2D eigenvalue weighted by molar-refractivity contribution is 6.30. The molecule has 130 valence electrons. The zero-order chi connectivity index (χ0) is 17.8. The summed E-state index contributed by atoms with van der Waals surface area (Å²) in [5.74, 6) is 1.60. The molecular formula is C17H16Cl2N4O2. The van der Waals surface area contributed by atoms with Gasteiger partial charge in [0, 0.05) is 16.8 Å². The van der Waals surface area contributed by atoms with Crippen LogP contribution in [0.3, 0.4) is 0 Å². The fourth-order valence-electron chi connectivity index (χ4n) is 2.23. The van der Waals surface area contributed by atoms with Crippen LogP contribution in [0.25, 0.3) is 10.9 Å². The summed E-state index contributed by atoms with van der Waals surface area (Å²) in [6.07, 6.45) is 0.661. The topological polar surface area (TPSA) is 69.2 Å². The fraction of sp³-hybridized carbons (Fsp3) is 0.235. The molecule has 0 aliphatic rings. The molecule has 1 atom stereocenters. The number of halogens is 2. The first kappa shape index (κ1) is 17.5. The van der Waals surface area contributed by atoms with Crippen molar-refractivity contribution in [1.82, 2.24) is 15.4 Å². The summed E-state index contributed by atoms with van der Waals surface area (Å²) in [5, 5.41) is 16.6. The molecule has 1 N–H and O–H groups in total. The molecule has 1 heterocycles. The van der Waals surface area contributed by atoms with Crippen molar-refractivity contribution in [2.24, 2.45) is 0 Å². The van der Waals surface area contributed by atoms with E-state index < -0.39 is 5.56 Å². The van der Waals surface area contributed by atoms with Gasteiger partial charge in [-0.3, -0.25) is 0 Å². The van der Waals surface area contributed by atoms with Crippen LogP contribution in [0, 0.1) is 0 Å².